The number of hydrogen-bond acceptors (Lipinski definition) is 2. The molecule has 72 valence electrons. The fraction of sp³-hybridized carbons (Fsp3) is 0.429. The van der Waals surface area contributed by atoms with Gasteiger partial charge in [0.2, 0.25) is 0 Å². The molecule has 1 N–H and O–H groups in total. The zero-order valence-corrected chi connectivity index (χ0v) is 7.59. The smallest absolute Gasteiger partial charge is 0.335 e. The molecule has 6 heteroatoms. The van der Waals surface area contributed by atoms with Crippen molar-refractivity contribution in [1.82, 2.24) is 9.97 Å². The Labute approximate surface area is 77.8 Å². The normalized spacial score (nSPS) is 11.7. The SMILES string of the molecule is CCc1cc(C(F)(F)F)nc(=S)[nH]1. The first-order chi connectivity index (χ1) is 5.93. The first kappa shape index (κ1) is 10.2. The van der Waals surface area contributed by atoms with Gasteiger partial charge in [0.15, 0.2) is 4.77 Å². The maximum absolute atomic E-state index is 12.2. The molecule has 0 saturated heterocycles. The lowest BCUT2D eigenvalue weighted by Crippen LogP contribution is -2.09. The fourth-order valence-electron chi connectivity index (χ4n) is 0.844. The minimum atomic E-state index is -4.42. The zero-order chi connectivity index (χ0) is 10.1. The molecule has 1 aromatic rings. The summed E-state index contributed by atoms with van der Waals surface area (Å²) in [6.07, 6.45) is -3.96. The lowest BCUT2D eigenvalue weighted by molar-refractivity contribution is -0.141. The van der Waals surface area contributed by atoms with Crippen LogP contribution in [-0.4, -0.2) is 9.97 Å². The van der Waals surface area contributed by atoms with Crippen LogP contribution < -0.4 is 0 Å². The molecule has 0 spiro atoms. The molecule has 1 aromatic heterocycles. The Kier molecular flexibility index (Phi) is 2.70. The maximum Gasteiger partial charge on any atom is 0.433 e. The molecule has 1 rings (SSSR count). The summed E-state index contributed by atoms with van der Waals surface area (Å²) in [5.74, 6) is 0. The lowest BCUT2D eigenvalue weighted by atomic mass is 10.3. The van der Waals surface area contributed by atoms with E-state index in [1.54, 1.807) is 6.92 Å². The van der Waals surface area contributed by atoms with Gasteiger partial charge in [0, 0.05) is 5.69 Å². The molecular formula is C7H7F3N2S. The van der Waals surface area contributed by atoms with Gasteiger partial charge in [0.05, 0.1) is 0 Å². The minimum absolute atomic E-state index is 0.133. The number of aryl methyl sites for hydroxylation is 1. The highest BCUT2D eigenvalue weighted by atomic mass is 32.1. The maximum atomic E-state index is 12.2. The highest BCUT2D eigenvalue weighted by molar-refractivity contribution is 7.71. The van der Waals surface area contributed by atoms with E-state index in [0.29, 0.717) is 12.1 Å². The summed E-state index contributed by atoms with van der Waals surface area (Å²) < 4.78 is 36.4. The number of aromatic nitrogens is 2. The Balaban J connectivity index is 3.24. The van der Waals surface area contributed by atoms with Gasteiger partial charge in [0.25, 0.3) is 0 Å². The van der Waals surface area contributed by atoms with E-state index in [1.165, 1.54) is 0 Å². The summed E-state index contributed by atoms with van der Waals surface area (Å²) in [5.41, 5.74) is -0.500. The van der Waals surface area contributed by atoms with E-state index in [4.69, 9.17) is 0 Å². The number of H-pyrrole nitrogens is 1. The number of hydrogen-bond donors (Lipinski definition) is 1. The highest BCUT2D eigenvalue weighted by Crippen LogP contribution is 2.27. The van der Waals surface area contributed by atoms with E-state index in [1.807, 2.05) is 0 Å². The van der Waals surface area contributed by atoms with Gasteiger partial charge in [0.1, 0.15) is 5.69 Å². The Morgan fingerprint density at radius 3 is 2.62 bits per heavy atom. The van der Waals surface area contributed by atoms with Crippen molar-refractivity contribution in [3.8, 4) is 0 Å². The van der Waals surface area contributed by atoms with Gasteiger partial charge in [-0.3, -0.25) is 0 Å². The summed E-state index contributed by atoms with van der Waals surface area (Å²) >= 11 is 4.56. The summed E-state index contributed by atoms with van der Waals surface area (Å²) in [7, 11) is 0. The van der Waals surface area contributed by atoms with Crippen LogP contribution in [0.5, 0.6) is 0 Å². The molecule has 0 amide bonds. The van der Waals surface area contributed by atoms with Gasteiger partial charge in [-0.05, 0) is 24.7 Å². The van der Waals surface area contributed by atoms with Crippen molar-refractivity contribution in [3.63, 3.8) is 0 Å². The molecule has 1 heterocycles. The van der Waals surface area contributed by atoms with E-state index < -0.39 is 11.9 Å². The van der Waals surface area contributed by atoms with Crippen LogP contribution in [0.2, 0.25) is 0 Å². The molecule has 0 atom stereocenters. The van der Waals surface area contributed by atoms with Crippen LogP contribution in [0.4, 0.5) is 13.2 Å². The first-order valence-corrected chi connectivity index (χ1v) is 4.01. The van der Waals surface area contributed by atoms with Crippen molar-refractivity contribution in [2.45, 2.75) is 19.5 Å². The third-order valence-electron chi connectivity index (χ3n) is 1.47. The molecule has 0 aliphatic rings. The van der Waals surface area contributed by atoms with Gasteiger partial charge < -0.3 is 4.98 Å². The number of aromatic amines is 1. The van der Waals surface area contributed by atoms with Gasteiger partial charge in [-0.15, -0.1) is 0 Å². The third-order valence-corrected chi connectivity index (χ3v) is 1.67. The summed E-state index contributed by atoms with van der Waals surface area (Å²) in [5, 5.41) is 0. The monoisotopic (exact) mass is 208 g/mol. The third kappa shape index (κ3) is 2.51. The largest absolute Gasteiger partial charge is 0.433 e. The van der Waals surface area contributed by atoms with Crippen molar-refractivity contribution in [2.75, 3.05) is 0 Å². The molecule has 0 radical (unpaired) electrons. The van der Waals surface area contributed by atoms with E-state index in [-0.39, 0.29) is 4.77 Å². The molecule has 0 saturated carbocycles. The molecule has 13 heavy (non-hydrogen) atoms. The Hall–Kier alpha value is -0.910. The van der Waals surface area contributed by atoms with Gasteiger partial charge in [-0.1, -0.05) is 6.92 Å². The van der Waals surface area contributed by atoms with Crippen LogP contribution in [-0.2, 0) is 12.6 Å². The second-order valence-corrected chi connectivity index (χ2v) is 2.83. The van der Waals surface area contributed by atoms with E-state index in [0.717, 1.165) is 6.07 Å². The second kappa shape index (κ2) is 3.45. The van der Waals surface area contributed by atoms with Crippen LogP contribution in [0.1, 0.15) is 18.3 Å². The molecule has 0 aliphatic heterocycles. The first-order valence-electron chi connectivity index (χ1n) is 3.61. The average Bonchev–Trinajstić information content (AvgIpc) is 2.01. The van der Waals surface area contributed by atoms with Crippen LogP contribution in [0.25, 0.3) is 0 Å². The predicted octanol–water partition coefficient (Wildman–Crippen LogP) is 2.72. The molecule has 0 aromatic carbocycles. The number of nitrogens with one attached hydrogen (secondary N) is 1. The Bertz CT molecular complexity index is 355. The fourth-order valence-corrected chi connectivity index (χ4v) is 1.07. The zero-order valence-electron chi connectivity index (χ0n) is 6.77. The van der Waals surface area contributed by atoms with Crippen LogP contribution in [0.15, 0.2) is 6.07 Å². The van der Waals surface area contributed by atoms with Crippen LogP contribution in [0, 0.1) is 4.77 Å². The second-order valence-electron chi connectivity index (χ2n) is 2.45. The number of alkyl halides is 3. The van der Waals surface area contributed by atoms with E-state index in [9.17, 15) is 13.2 Å². The van der Waals surface area contributed by atoms with Crippen molar-refractivity contribution in [2.24, 2.45) is 0 Å². The number of halogens is 3. The van der Waals surface area contributed by atoms with Gasteiger partial charge in [-0.2, -0.15) is 13.2 Å². The molecule has 0 unspecified atom stereocenters. The van der Waals surface area contributed by atoms with E-state index >= 15 is 0 Å². The van der Waals surface area contributed by atoms with Gasteiger partial charge >= 0.3 is 6.18 Å². The Morgan fingerprint density at radius 2 is 2.15 bits per heavy atom. The lowest BCUT2D eigenvalue weighted by Gasteiger charge is -2.06. The molecule has 0 fully saturated rings. The standard InChI is InChI=1S/C7H7F3N2S/c1-2-4-3-5(7(8,9)10)12-6(13)11-4/h3H,2H2,1H3,(H,11,12,13). The highest BCUT2D eigenvalue weighted by Gasteiger charge is 2.32. The van der Waals surface area contributed by atoms with Crippen molar-refractivity contribution >= 4 is 12.2 Å². The molecule has 0 bridgehead atoms. The van der Waals surface area contributed by atoms with Crippen molar-refractivity contribution < 1.29 is 13.2 Å². The Morgan fingerprint density at radius 1 is 1.54 bits per heavy atom. The predicted molar refractivity (Wildman–Crippen MR) is 43.8 cm³/mol. The summed E-state index contributed by atoms with van der Waals surface area (Å²) in [6, 6.07) is 0.968. The minimum Gasteiger partial charge on any atom is -0.335 e. The topological polar surface area (TPSA) is 28.7 Å². The van der Waals surface area contributed by atoms with Gasteiger partial charge in [-0.25, -0.2) is 4.98 Å². The van der Waals surface area contributed by atoms with Crippen molar-refractivity contribution in [3.05, 3.63) is 22.2 Å². The summed E-state index contributed by atoms with van der Waals surface area (Å²) in [6.45, 7) is 1.74. The molecule has 0 aliphatic carbocycles. The number of rotatable bonds is 1. The van der Waals surface area contributed by atoms with Crippen LogP contribution >= 0.6 is 12.2 Å². The molecule has 2 nitrogen and oxygen atoms in total. The average molecular weight is 208 g/mol. The quantitative estimate of drug-likeness (QED) is 0.719. The van der Waals surface area contributed by atoms with Crippen molar-refractivity contribution in [1.29, 1.82) is 0 Å². The van der Waals surface area contributed by atoms with Crippen LogP contribution in [0.3, 0.4) is 0 Å². The van der Waals surface area contributed by atoms with E-state index in [2.05, 4.69) is 22.2 Å². The summed E-state index contributed by atoms with van der Waals surface area (Å²) in [4.78, 5) is 5.76. The number of nitrogens with zero attached hydrogens (tertiary/aromatic N) is 1. The molecular weight excluding hydrogens is 201 g/mol.